The lowest BCUT2D eigenvalue weighted by Gasteiger charge is -2.31. The molecule has 0 spiro atoms. The van der Waals surface area contributed by atoms with Gasteiger partial charge in [-0.05, 0) is 12.3 Å². The highest BCUT2D eigenvalue weighted by Crippen LogP contribution is 2.18. The van der Waals surface area contributed by atoms with E-state index in [1.54, 1.807) is 6.92 Å². The first-order valence-electron chi connectivity index (χ1n) is 6.45. The standard InChI is InChI=1S/C12H25NO7/c1-7(3-4-8(14)15)9(16)10(17)11(18)12(19-2)20-6-5-13/h7,9-12,16-18H,3-6,13H2,1-2H3,(H,14,15)/t7?,9-,10?,11-,12-/m1/s1. The summed E-state index contributed by atoms with van der Waals surface area (Å²) in [7, 11) is 1.29. The number of rotatable bonds is 11. The third-order valence-electron chi connectivity index (χ3n) is 3.01. The quantitative estimate of drug-likeness (QED) is 0.290. The molecular formula is C12H25NO7. The summed E-state index contributed by atoms with van der Waals surface area (Å²) >= 11 is 0. The Hall–Kier alpha value is -0.770. The first kappa shape index (κ1) is 19.2. The van der Waals surface area contributed by atoms with Crippen molar-refractivity contribution in [1.82, 2.24) is 0 Å². The second-order valence-electron chi connectivity index (χ2n) is 4.65. The number of aliphatic hydroxyl groups is 3. The summed E-state index contributed by atoms with van der Waals surface area (Å²) in [5.74, 6) is -1.48. The number of nitrogens with two attached hydrogens (primary N) is 1. The molecule has 0 aromatic rings. The maximum Gasteiger partial charge on any atom is 0.303 e. The number of hydrogen-bond acceptors (Lipinski definition) is 7. The van der Waals surface area contributed by atoms with Gasteiger partial charge in [0.05, 0.1) is 12.7 Å². The van der Waals surface area contributed by atoms with Gasteiger partial charge in [0.1, 0.15) is 12.2 Å². The molecule has 6 N–H and O–H groups in total. The van der Waals surface area contributed by atoms with E-state index in [0.717, 1.165) is 0 Å². The molecule has 0 rings (SSSR count). The fourth-order valence-corrected chi connectivity index (χ4v) is 1.71. The molecular weight excluding hydrogens is 270 g/mol. The molecule has 120 valence electrons. The van der Waals surface area contributed by atoms with Crippen LogP contribution in [0.5, 0.6) is 0 Å². The van der Waals surface area contributed by atoms with Gasteiger partial charge in [0.25, 0.3) is 0 Å². The predicted octanol–water partition coefficient (Wildman–Crippen LogP) is -1.48. The highest BCUT2D eigenvalue weighted by molar-refractivity contribution is 5.66. The molecule has 0 aromatic carbocycles. The summed E-state index contributed by atoms with van der Waals surface area (Å²) in [4.78, 5) is 10.5. The molecule has 0 aliphatic rings. The summed E-state index contributed by atoms with van der Waals surface area (Å²) in [5, 5.41) is 38.2. The van der Waals surface area contributed by atoms with E-state index >= 15 is 0 Å². The lowest BCUT2D eigenvalue weighted by atomic mass is 9.92. The van der Waals surface area contributed by atoms with E-state index in [9.17, 15) is 20.1 Å². The number of carbonyl (C=O) groups is 1. The number of carboxylic acids is 1. The molecule has 0 aliphatic heterocycles. The zero-order valence-corrected chi connectivity index (χ0v) is 11.8. The van der Waals surface area contributed by atoms with Gasteiger partial charge >= 0.3 is 5.97 Å². The van der Waals surface area contributed by atoms with Crippen LogP contribution in [0, 0.1) is 5.92 Å². The summed E-state index contributed by atoms with van der Waals surface area (Å²) in [6.07, 6.45) is -5.33. The van der Waals surface area contributed by atoms with Crippen molar-refractivity contribution in [3.05, 3.63) is 0 Å². The second-order valence-corrected chi connectivity index (χ2v) is 4.65. The van der Waals surface area contributed by atoms with Crippen molar-refractivity contribution in [2.45, 2.75) is 44.4 Å². The molecule has 20 heavy (non-hydrogen) atoms. The number of methoxy groups -OCH3 is 1. The topological polar surface area (TPSA) is 142 Å². The van der Waals surface area contributed by atoms with E-state index in [0.29, 0.717) is 0 Å². The molecule has 0 aliphatic carbocycles. The van der Waals surface area contributed by atoms with E-state index in [4.69, 9.17) is 20.3 Å². The van der Waals surface area contributed by atoms with Crippen molar-refractivity contribution < 1.29 is 34.7 Å². The number of ether oxygens (including phenoxy) is 2. The lowest BCUT2D eigenvalue weighted by Crippen LogP contribution is -2.48. The van der Waals surface area contributed by atoms with Crippen LogP contribution in [0.3, 0.4) is 0 Å². The van der Waals surface area contributed by atoms with Gasteiger partial charge in [0, 0.05) is 20.1 Å². The number of aliphatic hydroxyl groups excluding tert-OH is 3. The highest BCUT2D eigenvalue weighted by Gasteiger charge is 2.34. The maximum atomic E-state index is 10.5. The zero-order chi connectivity index (χ0) is 15.7. The van der Waals surface area contributed by atoms with Crippen LogP contribution >= 0.6 is 0 Å². The third kappa shape index (κ3) is 6.60. The smallest absolute Gasteiger partial charge is 0.303 e. The molecule has 0 bridgehead atoms. The Morgan fingerprint density at radius 2 is 1.80 bits per heavy atom. The summed E-state index contributed by atoms with van der Waals surface area (Å²) < 4.78 is 9.96. The average Bonchev–Trinajstić information content (AvgIpc) is 2.43. The monoisotopic (exact) mass is 295 g/mol. The van der Waals surface area contributed by atoms with Crippen LogP contribution in [0.2, 0.25) is 0 Å². The van der Waals surface area contributed by atoms with Crippen molar-refractivity contribution >= 4 is 5.97 Å². The minimum absolute atomic E-state index is 0.127. The Morgan fingerprint density at radius 3 is 2.25 bits per heavy atom. The molecule has 0 heterocycles. The van der Waals surface area contributed by atoms with E-state index in [-0.39, 0.29) is 26.0 Å². The van der Waals surface area contributed by atoms with E-state index < -0.39 is 36.5 Å². The van der Waals surface area contributed by atoms with Crippen LogP contribution < -0.4 is 5.73 Å². The van der Waals surface area contributed by atoms with Crippen molar-refractivity contribution in [3.8, 4) is 0 Å². The zero-order valence-electron chi connectivity index (χ0n) is 11.8. The van der Waals surface area contributed by atoms with Gasteiger partial charge < -0.3 is 35.6 Å². The molecule has 2 unspecified atom stereocenters. The van der Waals surface area contributed by atoms with Crippen molar-refractivity contribution in [2.24, 2.45) is 11.7 Å². The molecule has 8 heteroatoms. The molecule has 0 saturated carbocycles. The van der Waals surface area contributed by atoms with E-state index in [1.807, 2.05) is 0 Å². The Bertz CT molecular complexity index is 277. The van der Waals surface area contributed by atoms with Crippen molar-refractivity contribution in [1.29, 1.82) is 0 Å². The van der Waals surface area contributed by atoms with Gasteiger partial charge in [0.2, 0.25) is 0 Å². The van der Waals surface area contributed by atoms with Gasteiger partial charge in [-0.1, -0.05) is 6.92 Å². The predicted molar refractivity (Wildman–Crippen MR) is 69.9 cm³/mol. The van der Waals surface area contributed by atoms with Crippen LogP contribution in [-0.2, 0) is 14.3 Å². The minimum atomic E-state index is -1.51. The van der Waals surface area contributed by atoms with Crippen LogP contribution in [0.1, 0.15) is 19.8 Å². The van der Waals surface area contributed by atoms with Gasteiger partial charge in [0.15, 0.2) is 6.29 Å². The lowest BCUT2D eigenvalue weighted by molar-refractivity contribution is -0.217. The first-order valence-corrected chi connectivity index (χ1v) is 6.45. The number of carboxylic acid groups (broad SMARTS) is 1. The summed E-state index contributed by atoms with van der Waals surface area (Å²) in [6, 6.07) is 0. The highest BCUT2D eigenvalue weighted by atomic mass is 16.7. The molecule has 8 nitrogen and oxygen atoms in total. The third-order valence-corrected chi connectivity index (χ3v) is 3.01. The van der Waals surface area contributed by atoms with Crippen LogP contribution in [-0.4, -0.2) is 71.3 Å². The SMILES string of the molecule is CO[C@H](OCCN)[C@H](O)C(O)[C@H](O)C(C)CCC(=O)O. The fourth-order valence-electron chi connectivity index (χ4n) is 1.71. The van der Waals surface area contributed by atoms with Crippen molar-refractivity contribution in [3.63, 3.8) is 0 Å². The largest absolute Gasteiger partial charge is 0.481 e. The Morgan fingerprint density at radius 1 is 1.20 bits per heavy atom. The summed E-state index contributed by atoms with van der Waals surface area (Å²) in [6.45, 7) is 1.94. The minimum Gasteiger partial charge on any atom is -0.481 e. The molecule has 0 amide bonds. The molecule has 0 fully saturated rings. The van der Waals surface area contributed by atoms with E-state index in [1.165, 1.54) is 7.11 Å². The number of hydrogen-bond donors (Lipinski definition) is 5. The van der Waals surface area contributed by atoms with E-state index in [2.05, 4.69) is 0 Å². The molecule has 0 aromatic heterocycles. The molecule has 5 atom stereocenters. The van der Waals surface area contributed by atoms with Crippen molar-refractivity contribution in [2.75, 3.05) is 20.3 Å². The average molecular weight is 295 g/mol. The van der Waals surface area contributed by atoms with Gasteiger partial charge in [-0.15, -0.1) is 0 Å². The Kier molecular flexibility index (Phi) is 9.64. The first-order chi connectivity index (χ1) is 9.34. The number of aliphatic carboxylic acids is 1. The van der Waals surface area contributed by atoms with Crippen LogP contribution in [0.25, 0.3) is 0 Å². The second kappa shape index (κ2) is 10.0. The molecule has 0 radical (unpaired) electrons. The Labute approximate surface area is 118 Å². The van der Waals surface area contributed by atoms with Gasteiger partial charge in [-0.25, -0.2) is 0 Å². The normalized spacial score (nSPS) is 19.1. The fraction of sp³-hybridized carbons (Fsp3) is 0.917. The van der Waals surface area contributed by atoms with Crippen LogP contribution in [0.15, 0.2) is 0 Å². The van der Waals surface area contributed by atoms with Gasteiger partial charge in [-0.3, -0.25) is 4.79 Å². The Balaban J connectivity index is 4.44. The maximum absolute atomic E-state index is 10.5. The van der Waals surface area contributed by atoms with Crippen LogP contribution in [0.4, 0.5) is 0 Å². The summed E-state index contributed by atoms with van der Waals surface area (Å²) in [5.41, 5.74) is 5.25. The molecule has 0 saturated heterocycles. The van der Waals surface area contributed by atoms with Gasteiger partial charge in [-0.2, -0.15) is 0 Å².